The summed E-state index contributed by atoms with van der Waals surface area (Å²) in [6, 6.07) is 0. The van der Waals surface area contributed by atoms with Gasteiger partial charge in [0.25, 0.3) is 0 Å². The quantitative estimate of drug-likeness (QED) is 0.486. The summed E-state index contributed by atoms with van der Waals surface area (Å²) in [5.41, 5.74) is 0. The monoisotopic (exact) mass is 166 g/mol. The van der Waals surface area contributed by atoms with Gasteiger partial charge in [-0.1, -0.05) is 0 Å². The molecule has 1 rings (SSSR count). The summed E-state index contributed by atoms with van der Waals surface area (Å²) in [7, 11) is 1.92. The molecule has 32 valence electrons. The molecule has 1 heterocycles. The summed E-state index contributed by atoms with van der Waals surface area (Å²) in [6.45, 7) is 0. The summed E-state index contributed by atoms with van der Waals surface area (Å²) in [4.78, 5) is 0. The topological polar surface area (TPSA) is 0 Å². The second-order valence-corrected chi connectivity index (χ2v) is 22.3. The normalized spacial score (nSPS) is 46.0. The van der Waals surface area contributed by atoms with Gasteiger partial charge >= 0.3 is 43.7 Å². The fourth-order valence-corrected chi connectivity index (χ4v) is 11.5. The third kappa shape index (κ3) is 1.86. The molecule has 1 aliphatic rings. The number of hydrogen-bond acceptors (Lipinski definition) is 0. The van der Waals surface area contributed by atoms with Gasteiger partial charge in [0.2, 0.25) is 0 Å². The van der Waals surface area contributed by atoms with Crippen molar-refractivity contribution < 1.29 is 0 Å². The first-order valence-corrected chi connectivity index (χ1v) is 10.2. The predicted molar refractivity (Wildman–Crippen MR) is 36.7 cm³/mol. The molecule has 0 nitrogen and oxygen atoms in total. The number of rotatable bonds is 0. The Labute approximate surface area is 44.2 Å². The van der Waals surface area contributed by atoms with Gasteiger partial charge < -0.3 is 0 Å². The molecule has 0 aliphatic carbocycles. The molecule has 1 saturated heterocycles. The van der Waals surface area contributed by atoms with Crippen molar-refractivity contribution in [2.45, 2.75) is 0 Å². The summed E-state index contributed by atoms with van der Waals surface area (Å²) >= 11 is 11.1. The zero-order valence-electron chi connectivity index (χ0n) is 2.26. The minimum atomic E-state index is -1.36. The van der Waals surface area contributed by atoms with Crippen LogP contribution in [0.15, 0.2) is 0 Å². The maximum absolute atomic E-state index is 5.57. The molecule has 0 spiro atoms. The first kappa shape index (κ1) is 5.02. The van der Waals surface area contributed by atoms with Gasteiger partial charge in [0.1, 0.15) is 0 Å². The molecule has 5 heavy (non-hydrogen) atoms. The van der Waals surface area contributed by atoms with Crippen LogP contribution >= 0.6 is 43.7 Å². The van der Waals surface area contributed by atoms with Crippen molar-refractivity contribution in [1.82, 2.24) is 0 Å². The van der Waals surface area contributed by atoms with Gasteiger partial charge in [-0.05, 0) is 0 Å². The van der Waals surface area contributed by atoms with Gasteiger partial charge in [-0.25, -0.2) is 0 Å². The molecule has 2 atom stereocenters. The van der Waals surface area contributed by atoms with E-state index in [4.69, 9.17) is 22.5 Å². The van der Waals surface area contributed by atoms with Crippen molar-refractivity contribution in [3.8, 4) is 0 Å². The molecule has 0 saturated carbocycles. The number of halogens is 2. The zero-order valence-corrected chi connectivity index (χ0v) is 6.77. The summed E-state index contributed by atoms with van der Waals surface area (Å²) < 4.78 is 0. The van der Waals surface area contributed by atoms with E-state index in [1.54, 1.807) is 0 Å². The van der Waals surface area contributed by atoms with Crippen LogP contribution in [0.25, 0.3) is 0 Å². The summed E-state index contributed by atoms with van der Waals surface area (Å²) in [5, 5.41) is -1.36. The molecule has 0 aromatic rings. The zero-order chi connectivity index (χ0) is 3.91. The van der Waals surface area contributed by atoms with E-state index in [0.717, 1.165) is 15.9 Å². The molecule has 2 unspecified atom stereocenters. The van der Waals surface area contributed by atoms with Crippen LogP contribution in [-0.2, 0) is 0 Å². The molecule has 0 bridgehead atoms. The Morgan fingerprint density at radius 3 is 1.40 bits per heavy atom. The van der Waals surface area contributed by atoms with E-state index in [2.05, 4.69) is 0 Å². The molecule has 1 aliphatic heterocycles. The molecule has 0 N–H and O–H groups in total. The van der Waals surface area contributed by atoms with Crippen molar-refractivity contribution in [2.75, 3.05) is 0 Å². The van der Waals surface area contributed by atoms with E-state index in [-0.39, 0.29) is 0 Å². The Kier molecular flexibility index (Phi) is 1.43. The maximum atomic E-state index is 5.57. The van der Waals surface area contributed by atoms with Crippen molar-refractivity contribution >= 4 is 43.7 Å². The molecule has 1 fully saturated rings. The Morgan fingerprint density at radius 1 is 1.20 bits per heavy atom. The van der Waals surface area contributed by atoms with Gasteiger partial charge in [0.15, 0.2) is 0 Å². The van der Waals surface area contributed by atoms with Crippen LogP contribution in [0.1, 0.15) is 0 Å². The van der Waals surface area contributed by atoms with Crippen LogP contribution in [0.4, 0.5) is 0 Å². The fraction of sp³-hybridized carbons (Fsp3) is 0. The third-order valence-electron chi connectivity index (χ3n) is 0.314. The van der Waals surface area contributed by atoms with Crippen LogP contribution in [0, 0.1) is 0 Å². The van der Waals surface area contributed by atoms with E-state index < -0.39 is 5.35 Å². The molecule has 5 heteroatoms. The second-order valence-electron chi connectivity index (χ2n) is 0.824. The first-order valence-electron chi connectivity index (χ1n) is 1.13. The van der Waals surface area contributed by atoms with Crippen LogP contribution in [0.2, 0.25) is 0 Å². The average molecular weight is 167 g/mol. The average Bonchev–Trinajstić information content (AvgIpc) is 1.76. The van der Waals surface area contributed by atoms with Gasteiger partial charge in [-0.3, -0.25) is 0 Å². The Hall–Kier alpha value is 1.87. The van der Waals surface area contributed by atoms with Crippen molar-refractivity contribution in [3.05, 3.63) is 0 Å². The minimum absolute atomic E-state index is 0.958. The van der Waals surface area contributed by atoms with Crippen molar-refractivity contribution in [1.29, 1.82) is 0 Å². The molecule has 0 radical (unpaired) electrons. The second kappa shape index (κ2) is 1.43. The molecule has 0 aromatic carbocycles. The van der Waals surface area contributed by atoms with Crippen LogP contribution < -0.4 is 0 Å². The summed E-state index contributed by atoms with van der Waals surface area (Å²) in [5.74, 6) is 0. The van der Waals surface area contributed by atoms with Gasteiger partial charge in [0.05, 0.1) is 0 Å². The predicted octanol–water partition coefficient (Wildman–Crippen LogP) is 3.16. The van der Waals surface area contributed by atoms with Gasteiger partial charge in [-0.2, -0.15) is 0 Å². The Bertz CT molecular complexity index is 42.9. The molecular weight excluding hydrogens is 164 g/mol. The van der Waals surface area contributed by atoms with Crippen molar-refractivity contribution in [2.24, 2.45) is 0 Å². The van der Waals surface area contributed by atoms with Gasteiger partial charge in [0, 0.05) is 0 Å². The standard InChI is InChI=1S/Cl2H3P3/c1-5(2)3-4-5/h3-5H. The van der Waals surface area contributed by atoms with E-state index in [9.17, 15) is 0 Å². The Balaban J connectivity index is 2.38. The molecule has 0 aromatic heterocycles. The SMILES string of the molecule is Cl[PH]1(Cl)PP1. The van der Waals surface area contributed by atoms with Gasteiger partial charge in [-0.15, -0.1) is 0 Å². The fourth-order valence-electron chi connectivity index (χ4n) is 0.0472. The molecule has 0 amide bonds. The number of hydrogen-bond donors (Lipinski definition) is 0. The third-order valence-corrected chi connectivity index (χ3v) is 18.7. The van der Waals surface area contributed by atoms with E-state index in [0.29, 0.717) is 0 Å². The van der Waals surface area contributed by atoms with Crippen molar-refractivity contribution in [3.63, 3.8) is 0 Å². The van der Waals surface area contributed by atoms with E-state index in [1.165, 1.54) is 0 Å². The summed E-state index contributed by atoms with van der Waals surface area (Å²) in [6.07, 6.45) is 0. The van der Waals surface area contributed by atoms with E-state index in [1.807, 2.05) is 0 Å². The Morgan fingerprint density at radius 2 is 1.40 bits per heavy atom. The van der Waals surface area contributed by atoms with Crippen LogP contribution in [0.5, 0.6) is 0 Å². The van der Waals surface area contributed by atoms with Crippen LogP contribution in [0.3, 0.4) is 0 Å². The molecular formula is H3Cl2P3. The van der Waals surface area contributed by atoms with E-state index >= 15 is 0 Å². The van der Waals surface area contributed by atoms with Crippen LogP contribution in [-0.4, -0.2) is 0 Å². The first-order chi connectivity index (χ1) is 2.21.